The fraction of sp³-hybridized carbons (Fsp3) is 0.333. The van der Waals surface area contributed by atoms with Gasteiger partial charge in [-0.1, -0.05) is 11.6 Å². The van der Waals surface area contributed by atoms with E-state index in [0.717, 1.165) is 18.9 Å². The molecule has 0 aromatic heterocycles. The van der Waals surface area contributed by atoms with Gasteiger partial charge in [0, 0.05) is 11.6 Å². The molecule has 0 aliphatic heterocycles. The zero-order valence-corrected chi connectivity index (χ0v) is 19.1. The highest BCUT2D eigenvalue weighted by Crippen LogP contribution is 2.27. The summed E-state index contributed by atoms with van der Waals surface area (Å²) in [7, 11) is -3.85. The molecule has 0 saturated heterocycles. The summed E-state index contributed by atoms with van der Waals surface area (Å²) in [6.07, 6.45) is 0.622. The Morgan fingerprint density at radius 2 is 1.75 bits per heavy atom. The highest BCUT2D eigenvalue weighted by Gasteiger charge is 2.29. The van der Waals surface area contributed by atoms with E-state index in [9.17, 15) is 18.0 Å². The molecule has 1 atom stereocenters. The first kappa shape index (κ1) is 23.8. The minimum atomic E-state index is -3.85. The number of sulfonamides is 1. The van der Waals surface area contributed by atoms with Gasteiger partial charge in [0.05, 0.1) is 11.6 Å². The number of hydrogen-bond acceptors (Lipinski definition) is 6. The third-order valence-corrected chi connectivity index (χ3v) is 6.50. The SMILES string of the molecule is CCOc1ccc(OC(C)C(=O)NNC(=O)c2ccc(Cl)c(S(=O)(=O)NC3CC3)c2)cc1. The number of nitrogens with one attached hydrogen (secondary N) is 3. The zero-order chi connectivity index (χ0) is 23.3. The molecule has 2 aromatic rings. The number of carbonyl (C=O) groups excluding carboxylic acids is 2. The van der Waals surface area contributed by atoms with Gasteiger partial charge < -0.3 is 9.47 Å². The van der Waals surface area contributed by atoms with Crippen molar-refractivity contribution in [1.29, 1.82) is 0 Å². The van der Waals surface area contributed by atoms with Crippen LogP contribution in [0, 0.1) is 0 Å². The van der Waals surface area contributed by atoms with Crippen LogP contribution in [0.25, 0.3) is 0 Å². The van der Waals surface area contributed by atoms with Gasteiger partial charge in [-0.2, -0.15) is 0 Å². The minimum Gasteiger partial charge on any atom is -0.494 e. The van der Waals surface area contributed by atoms with Gasteiger partial charge in [0.1, 0.15) is 16.4 Å². The topological polar surface area (TPSA) is 123 Å². The van der Waals surface area contributed by atoms with E-state index in [1.165, 1.54) is 19.1 Å². The van der Waals surface area contributed by atoms with Crippen LogP contribution in [0.1, 0.15) is 37.0 Å². The summed E-state index contributed by atoms with van der Waals surface area (Å²) >= 11 is 6.02. The monoisotopic (exact) mass is 481 g/mol. The summed E-state index contributed by atoms with van der Waals surface area (Å²) in [5, 5.41) is -0.00360. The average Bonchev–Trinajstić information content (AvgIpc) is 3.56. The summed E-state index contributed by atoms with van der Waals surface area (Å²) in [6.45, 7) is 3.94. The second-order valence-electron chi connectivity index (χ2n) is 7.15. The van der Waals surface area contributed by atoms with E-state index < -0.39 is 27.9 Å². The fourth-order valence-corrected chi connectivity index (χ4v) is 4.50. The Morgan fingerprint density at radius 1 is 1.09 bits per heavy atom. The number of carbonyl (C=O) groups is 2. The molecule has 32 heavy (non-hydrogen) atoms. The molecule has 0 bridgehead atoms. The predicted molar refractivity (Wildman–Crippen MR) is 118 cm³/mol. The second-order valence-corrected chi connectivity index (χ2v) is 9.24. The number of hydrogen-bond donors (Lipinski definition) is 3. The molecule has 9 nitrogen and oxygen atoms in total. The highest BCUT2D eigenvalue weighted by molar-refractivity contribution is 7.89. The lowest BCUT2D eigenvalue weighted by molar-refractivity contribution is -0.128. The molecule has 3 N–H and O–H groups in total. The van der Waals surface area contributed by atoms with Crippen molar-refractivity contribution < 1.29 is 27.5 Å². The Hall–Kier alpha value is -2.82. The Morgan fingerprint density at radius 3 is 2.38 bits per heavy atom. The van der Waals surface area contributed by atoms with Crippen molar-refractivity contribution in [3.63, 3.8) is 0 Å². The lowest BCUT2D eigenvalue weighted by Crippen LogP contribution is -2.47. The van der Waals surface area contributed by atoms with Gasteiger partial charge in [-0.05, 0) is 69.2 Å². The van der Waals surface area contributed by atoms with Crippen LogP contribution in [0.3, 0.4) is 0 Å². The number of benzene rings is 2. The van der Waals surface area contributed by atoms with Crippen molar-refractivity contribution in [2.24, 2.45) is 0 Å². The van der Waals surface area contributed by atoms with Crippen LogP contribution in [0.4, 0.5) is 0 Å². The summed E-state index contributed by atoms with van der Waals surface area (Å²) in [6, 6.07) is 10.5. The molecule has 0 heterocycles. The molecule has 1 fully saturated rings. The van der Waals surface area contributed by atoms with Gasteiger partial charge in [-0.15, -0.1) is 0 Å². The van der Waals surface area contributed by atoms with E-state index in [2.05, 4.69) is 15.6 Å². The molecule has 3 rings (SSSR count). The average molecular weight is 482 g/mol. The Bertz CT molecular complexity index is 1090. The molecule has 2 aromatic carbocycles. The molecule has 172 valence electrons. The Labute approximate surface area is 191 Å². The summed E-state index contributed by atoms with van der Waals surface area (Å²) in [5.41, 5.74) is 4.53. The first-order chi connectivity index (χ1) is 15.2. The molecular weight excluding hydrogens is 458 g/mol. The van der Waals surface area contributed by atoms with E-state index in [0.29, 0.717) is 18.1 Å². The fourth-order valence-electron chi connectivity index (χ4n) is 2.67. The number of hydrazine groups is 1. The van der Waals surface area contributed by atoms with Gasteiger partial charge in [-0.3, -0.25) is 20.4 Å². The third kappa shape index (κ3) is 6.35. The van der Waals surface area contributed by atoms with E-state index in [-0.39, 0.29) is 21.5 Å². The lowest BCUT2D eigenvalue weighted by Gasteiger charge is -2.16. The second kappa shape index (κ2) is 10.2. The predicted octanol–water partition coefficient (Wildman–Crippen LogP) is 2.41. The van der Waals surface area contributed by atoms with E-state index in [1.807, 2.05) is 6.92 Å². The molecule has 1 aliphatic carbocycles. The first-order valence-electron chi connectivity index (χ1n) is 10.0. The largest absolute Gasteiger partial charge is 0.494 e. The molecule has 1 saturated carbocycles. The molecular formula is C21H24ClN3O6S. The van der Waals surface area contributed by atoms with Crippen molar-refractivity contribution in [3.05, 3.63) is 53.1 Å². The zero-order valence-electron chi connectivity index (χ0n) is 17.6. The minimum absolute atomic E-state index is 0.00360. The number of amides is 2. The highest BCUT2D eigenvalue weighted by atomic mass is 35.5. The maximum atomic E-state index is 12.4. The van der Waals surface area contributed by atoms with Crippen LogP contribution in [0.5, 0.6) is 11.5 Å². The van der Waals surface area contributed by atoms with Crippen molar-refractivity contribution >= 4 is 33.4 Å². The van der Waals surface area contributed by atoms with E-state index >= 15 is 0 Å². The van der Waals surface area contributed by atoms with Gasteiger partial charge in [0.15, 0.2) is 6.10 Å². The molecule has 1 unspecified atom stereocenters. The Kier molecular flexibility index (Phi) is 7.60. The number of rotatable bonds is 9. The van der Waals surface area contributed by atoms with E-state index in [4.69, 9.17) is 21.1 Å². The maximum Gasteiger partial charge on any atom is 0.279 e. The van der Waals surface area contributed by atoms with Crippen LogP contribution < -0.4 is 25.0 Å². The van der Waals surface area contributed by atoms with Crippen LogP contribution in [-0.2, 0) is 14.8 Å². The molecule has 0 spiro atoms. The maximum absolute atomic E-state index is 12.4. The standard InChI is InChI=1S/C21H24ClN3O6S/c1-3-30-16-7-9-17(10-8-16)31-13(2)20(26)23-24-21(27)14-4-11-18(22)19(12-14)32(28,29)25-15-5-6-15/h4,7-13,15,25H,3,5-6H2,1-2H3,(H,23,26)(H,24,27). The quantitative estimate of drug-likeness (QED) is 0.473. The van der Waals surface area contributed by atoms with E-state index in [1.54, 1.807) is 24.3 Å². The summed E-state index contributed by atoms with van der Waals surface area (Å²) in [5.74, 6) is -0.158. The molecule has 11 heteroatoms. The first-order valence-corrected chi connectivity index (χ1v) is 11.9. The summed E-state index contributed by atoms with van der Waals surface area (Å²) in [4.78, 5) is 24.5. The van der Waals surface area contributed by atoms with Gasteiger partial charge >= 0.3 is 0 Å². The van der Waals surface area contributed by atoms with Crippen molar-refractivity contribution in [2.45, 2.75) is 43.7 Å². The van der Waals surface area contributed by atoms with Crippen LogP contribution in [0.15, 0.2) is 47.4 Å². The smallest absolute Gasteiger partial charge is 0.279 e. The van der Waals surface area contributed by atoms with Crippen molar-refractivity contribution in [2.75, 3.05) is 6.61 Å². The molecule has 2 amide bonds. The van der Waals surface area contributed by atoms with Crippen molar-refractivity contribution in [1.82, 2.24) is 15.6 Å². The van der Waals surface area contributed by atoms with Crippen molar-refractivity contribution in [3.8, 4) is 11.5 Å². The van der Waals surface area contributed by atoms with Crippen LogP contribution >= 0.6 is 11.6 Å². The van der Waals surface area contributed by atoms with Gasteiger partial charge in [0.25, 0.3) is 11.8 Å². The third-order valence-electron chi connectivity index (χ3n) is 4.50. The Balaban J connectivity index is 1.57. The molecule has 1 aliphatic rings. The molecule has 0 radical (unpaired) electrons. The van der Waals surface area contributed by atoms with Crippen LogP contribution in [-0.4, -0.2) is 39.0 Å². The lowest BCUT2D eigenvalue weighted by atomic mass is 10.2. The normalized spacial score (nSPS) is 14.3. The van der Waals surface area contributed by atoms with Crippen LogP contribution in [0.2, 0.25) is 5.02 Å². The number of halogens is 1. The summed E-state index contributed by atoms with van der Waals surface area (Å²) < 4.78 is 38.3. The number of ether oxygens (including phenoxy) is 2. The van der Waals surface area contributed by atoms with Gasteiger partial charge in [0.2, 0.25) is 10.0 Å². The van der Waals surface area contributed by atoms with Gasteiger partial charge in [-0.25, -0.2) is 13.1 Å².